The van der Waals surface area contributed by atoms with Crippen LogP contribution >= 0.6 is 12.2 Å². The molecule has 14 heavy (non-hydrogen) atoms. The van der Waals surface area contributed by atoms with Crippen LogP contribution in [0, 0.1) is 0 Å². The van der Waals surface area contributed by atoms with E-state index in [1.165, 1.54) is 6.26 Å². The first kappa shape index (κ1) is 9.21. The van der Waals surface area contributed by atoms with Gasteiger partial charge in [-0.2, -0.15) is 0 Å². The minimum absolute atomic E-state index is 0.268. The average Bonchev–Trinajstić information content (AvgIpc) is 2.80. The highest BCUT2D eigenvalue weighted by atomic mass is 32.1. The van der Waals surface area contributed by atoms with Gasteiger partial charge in [-0.25, -0.2) is 0 Å². The van der Waals surface area contributed by atoms with Crippen molar-refractivity contribution in [2.24, 2.45) is 0 Å². The van der Waals surface area contributed by atoms with Crippen LogP contribution in [0.25, 0.3) is 0 Å². The molecule has 1 amide bonds. The van der Waals surface area contributed by atoms with Crippen LogP contribution in [-0.4, -0.2) is 17.1 Å². The molecule has 0 atom stereocenters. The molecule has 5 heteroatoms. The van der Waals surface area contributed by atoms with Crippen LogP contribution in [0.5, 0.6) is 0 Å². The minimum Gasteiger partial charge on any atom is -0.459 e. The maximum atomic E-state index is 11.4. The van der Waals surface area contributed by atoms with Crippen molar-refractivity contribution in [3.05, 3.63) is 24.2 Å². The molecule has 0 unspecified atom stereocenters. The van der Waals surface area contributed by atoms with Crippen LogP contribution in [0.3, 0.4) is 0 Å². The van der Waals surface area contributed by atoms with E-state index in [9.17, 15) is 4.79 Å². The van der Waals surface area contributed by atoms with Crippen molar-refractivity contribution in [3.8, 4) is 0 Å². The van der Waals surface area contributed by atoms with Gasteiger partial charge in [-0.1, -0.05) is 0 Å². The fraction of sp³-hybridized carbons (Fsp3) is 0.333. The fourth-order valence-corrected chi connectivity index (χ4v) is 1.28. The third-order valence-electron chi connectivity index (χ3n) is 1.88. The van der Waals surface area contributed by atoms with Gasteiger partial charge in [-0.15, -0.1) is 0 Å². The van der Waals surface area contributed by atoms with E-state index in [4.69, 9.17) is 16.6 Å². The number of rotatable bonds is 2. The molecule has 2 rings (SSSR count). The van der Waals surface area contributed by atoms with Gasteiger partial charge in [0.05, 0.1) is 6.26 Å². The van der Waals surface area contributed by atoms with Gasteiger partial charge in [-0.05, 0) is 37.2 Å². The summed E-state index contributed by atoms with van der Waals surface area (Å²) in [6, 6.07) is 3.70. The van der Waals surface area contributed by atoms with Gasteiger partial charge < -0.3 is 9.73 Å². The van der Waals surface area contributed by atoms with Crippen molar-refractivity contribution in [1.82, 2.24) is 10.6 Å². The van der Waals surface area contributed by atoms with Crippen molar-refractivity contribution in [1.29, 1.82) is 0 Å². The van der Waals surface area contributed by atoms with Gasteiger partial charge in [0, 0.05) is 6.04 Å². The molecule has 1 saturated carbocycles. The SMILES string of the molecule is O=C(NC(=S)NC1CC1)c1ccco1. The summed E-state index contributed by atoms with van der Waals surface area (Å²) in [5.41, 5.74) is 0. The molecule has 0 radical (unpaired) electrons. The van der Waals surface area contributed by atoms with E-state index in [1.807, 2.05) is 0 Å². The van der Waals surface area contributed by atoms with E-state index in [-0.39, 0.29) is 11.7 Å². The highest BCUT2D eigenvalue weighted by Gasteiger charge is 2.22. The van der Waals surface area contributed by atoms with Crippen molar-refractivity contribution in [2.75, 3.05) is 0 Å². The normalized spacial score (nSPS) is 14.9. The lowest BCUT2D eigenvalue weighted by Gasteiger charge is -2.06. The fourth-order valence-electron chi connectivity index (χ4n) is 1.02. The van der Waals surface area contributed by atoms with Gasteiger partial charge >= 0.3 is 0 Å². The van der Waals surface area contributed by atoms with Crippen molar-refractivity contribution < 1.29 is 9.21 Å². The monoisotopic (exact) mass is 210 g/mol. The highest BCUT2D eigenvalue weighted by Crippen LogP contribution is 2.18. The summed E-state index contributed by atoms with van der Waals surface area (Å²) < 4.78 is 4.92. The molecule has 1 aromatic heterocycles. The zero-order valence-corrected chi connectivity index (χ0v) is 8.26. The molecule has 74 valence electrons. The molecule has 0 spiro atoms. The van der Waals surface area contributed by atoms with Crippen LogP contribution in [0.15, 0.2) is 22.8 Å². The minimum atomic E-state index is -0.312. The quantitative estimate of drug-likeness (QED) is 0.716. The summed E-state index contributed by atoms with van der Waals surface area (Å²) in [5, 5.41) is 5.92. The van der Waals surface area contributed by atoms with Crippen molar-refractivity contribution in [2.45, 2.75) is 18.9 Å². The maximum absolute atomic E-state index is 11.4. The van der Waals surface area contributed by atoms with Gasteiger partial charge in [0.25, 0.3) is 5.91 Å². The van der Waals surface area contributed by atoms with Crippen LogP contribution in [-0.2, 0) is 0 Å². The number of hydrogen-bond donors (Lipinski definition) is 2. The lowest BCUT2D eigenvalue weighted by molar-refractivity contribution is 0.0949. The molecule has 0 saturated heterocycles. The first-order chi connectivity index (χ1) is 6.75. The lowest BCUT2D eigenvalue weighted by Crippen LogP contribution is -2.40. The number of nitrogens with one attached hydrogen (secondary N) is 2. The number of hydrogen-bond acceptors (Lipinski definition) is 3. The predicted octanol–water partition coefficient (Wildman–Crippen LogP) is 1.05. The van der Waals surface area contributed by atoms with Crippen LogP contribution in [0.2, 0.25) is 0 Å². The van der Waals surface area contributed by atoms with E-state index >= 15 is 0 Å². The Hall–Kier alpha value is -1.36. The Kier molecular flexibility index (Phi) is 2.49. The Balaban J connectivity index is 1.84. The molecule has 1 fully saturated rings. The van der Waals surface area contributed by atoms with Crippen LogP contribution < -0.4 is 10.6 Å². The molecule has 1 aromatic rings. The van der Waals surface area contributed by atoms with Gasteiger partial charge in [0.1, 0.15) is 0 Å². The molecular weight excluding hydrogens is 200 g/mol. The molecule has 1 aliphatic rings. The molecule has 1 aliphatic carbocycles. The highest BCUT2D eigenvalue weighted by molar-refractivity contribution is 7.80. The number of furan rings is 1. The molecule has 0 aromatic carbocycles. The summed E-state index contributed by atoms with van der Waals surface area (Å²) in [4.78, 5) is 11.4. The summed E-state index contributed by atoms with van der Waals surface area (Å²) in [7, 11) is 0. The van der Waals surface area contributed by atoms with E-state index in [0.29, 0.717) is 11.2 Å². The topological polar surface area (TPSA) is 54.3 Å². The second-order valence-electron chi connectivity index (χ2n) is 3.18. The second-order valence-corrected chi connectivity index (χ2v) is 3.59. The second kappa shape index (κ2) is 3.79. The van der Waals surface area contributed by atoms with E-state index < -0.39 is 0 Å². The summed E-state index contributed by atoms with van der Waals surface area (Å²) >= 11 is 4.94. The Labute approximate surface area is 86.7 Å². The van der Waals surface area contributed by atoms with Gasteiger partial charge in [0.15, 0.2) is 10.9 Å². The number of carbonyl (C=O) groups excluding carboxylic acids is 1. The molecule has 4 nitrogen and oxygen atoms in total. The van der Waals surface area contributed by atoms with Crippen molar-refractivity contribution in [3.63, 3.8) is 0 Å². The third kappa shape index (κ3) is 2.32. The molecule has 1 heterocycles. The summed E-state index contributed by atoms with van der Waals surface area (Å²) in [5.74, 6) is -0.0434. The van der Waals surface area contributed by atoms with Gasteiger partial charge in [-0.3, -0.25) is 10.1 Å². The zero-order valence-electron chi connectivity index (χ0n) is 7.45. The standard InChI is InChI=1S/C9H10N2O2S/c12-8(7-2-1-5-13-7)11-9(14)10-6-3-4-6/h1-2,5-6H,3-4H2,(H2,10,11,12,14). The predicted molar refractivity (Wildman–Crippen MR) is 54.9 cm³/mol. The summed E-state index contributed by atoms with van der Waals surface area (Å²) in [6.07, 6.45) is 3.69. The zero-order chi connectivity index (χ0) is 9.97. The number of thiocarbonyl (C=S) groups is 1. The summed E-state index contributed by atoms with van der Waals surface area (Å²) in [6.45, 7) is 0. The van der Waals surface area contributed by atoms with E-state index in [2.05, 4.69) is 10.6 Å². The Morgan fingerprint density at radius 2 is 2.36 bits per heavy atom. The number of amides is 1. The smallest absolute Gasteiger partial charge is 0.293 e. The third-order valence-corrected chi connectivity index (χ3v) is 2.10. The molecule has 0 bridgehead atoms. The molecule has 2 N–H and O–H groups in total. The number of carbonyl (C=O) groups is 1. The molecular formula is C9H10N2O2S. The van der Waals surface area contributed by atoms with Gasteiger partial charge in [0.2, 0.25) is 0 Å². The Bertz CT molecular complexity index is 344. The van der Waals surface area contributed by atoms with E-state index in [0.717, 1.165) is 12.8 Å². The average molecular weight is 210 g/mol. The largest absolute Gasteiger partial charge is 0.459 e. The maximum Gasteiger partial charge on any atom is 0.293 e. The van der Waals surface area contributed by atoms with E-state index in [1.54, 1.807) is 12.1 Å². The Morgan fingerprint density at radius 1 is 1.57 bits per heavy atom. The lowest BCUT2D eigenvalue weighted by atomic mass is 10.4. The first-order valence-electron chi connectivity index (χ1n) is 4.41. The Morgan fingerprint density at radius 3 is 2.93 bits per heavy atom. The van der Waals surface area contributed by atoms with Crippen LogP contribution in [0.4, 0.5) is 0 Å². The molecule has 0 aliphatic heterocycles. The van der Waals surface area contributed by atoms with Crippen LogP contribution in [0.1, 0.15) is 23.4 Å². The van der Waals surface area contributed by atoms with Crippen molar-refractivity contribution >= 4 is 23.2 Å². The first-order valence-corrected chi connectivity index (χ1v) is 4.82.